The van der Waals surface area contributed by atoms with Crippen LogP contribution in [0.1, 0.15) is 31.2 Å². The third kappa shape index (κ3) is 6.14. The van der Waals surface area contributed by atoms with Crippen LogP contribution in [0.2, 0.25) is 0 Å². The van der Waals surface area contributed by atoms with Crippen LogP contribution in [-0.2, 0) is 6.18 Å². The van der Waals surface area contributed by atoms with E-state index in [4.69, 9.17) is 0 Å². The van der Waals surface area contributed by atoms with Crippen molar-refractivity contribution < 1.29 is 18.0 Å². The molecule has 11 heteroatoms. The third-order valence-electron chi connectivity index (χ3n) is 5.94. The Labute approximate surface area is 209 Å². The van der Waals surface area contributed by atoms with E-state index in [-0.39, 0.29) is 22.2 Å². The van der Waals surface area contributed by atoms with Crippen molar-refractivity contribution in [3.8, 4) is 0 Å². The first-order valence-electron chi connectivity index (χ1n) is 11.2. The maximum Gasteiger partial charge on any atom is 0.418 e. The molecule has 1 saturated carbocycles. The van der Waals surface area contributed by atoms with Gasteiger partial charge in [-0.3, -0.25) is 0 Å². The second-order valence-electron chi connectivity index (χ2n) is 8.76. The summed E-state index contributed by atoms with van der Waals surface area (Å²) in [5.74, 6) is 1.38. The van der Waals surface area contributed by atoms with Crippen molar-refractivity contribution in [1.29, 1.82) is 0 Å². The van der Waals surface area contributed by atoms with Crippen molar-refractivity contribution in [3.63, 3.8) is 0 Å². The number of urea groups is 1. The van der Waals surface area contributed by atoms with E-state index in [1.165, 1.54) is 12.1 Å². The van der Waals surface area contributed by atoms with E-state index >= 15 is 0 Å². The molecule has 0 atom stereocenters. The van der Waals surface area contributed by atoms with Crippen molar-refractivity contribution in [2.75, 3.05) is 29.6 Å². The fourth-order valence-electron chi connectivity index (χ4n) is 4.23. The largest absolute Gasteiger partial charge is 0.418 e. The lowest BCUT2D eigenvalue weighted by molar-refractivity contribution is -0.136. The number of carbonyl (C=O) groups excluding carboxylic acids is 1. The van der Waals surface area contributed by atoms with E-state index in [2.05, 4.69) is 41.8 Å². The summed E-state index contributed by atoms with van der Waals surface area (Å²) in [5.41, 5.74) is -0.326. The lowest BCUT2D eigenvalue weighted by Crippen LogP contribution is -2.42. The Morgan fingerprint density at radius 1 is 1.03 bits per heavy atom. The van der Waals surface area contributed by atoms with Crippen molar-refractivity contribution in [3.05, 3.63) is 52.5 Å². The summed E-state index contributed by atoms with van der Waals surface area (Å²) in [6.45, 7) is 0. The Bertz CT molecular complexity index is 1210. The summed E-state index contributed by atoms with van der Waals surface area (Å²) in [6, 6.07) is 10.8. The van der Waals surface area contributed by atoms with Gasteiger partial charge in [0, 0.05) is 36.0 Å². The summed E-state index contributed by atoms with van der Waals surface area (Å²) in [5, 5.41) is 9.52. The number of amides is 2. The Balaban J connectivity index is 1.34. The minimum Gasteiger partial charge on any atom is -0.362 e. The van der Waals surface area contributed by atoms with Gasteiger partial charge >= 0.3 is 12.2 Å². The monoisotopic (exact) mass is 550 g/mol. The minimum absolute atomic E-state index is 0.132. The average Bonchev–Trinajstić information content (AvgIpc) is 2.80. The van der Waals surface area contributed by atoms with Gasteiger partial charge in [0.15, 0.2) is 0 Å². The van der Waals surface area contributed by atoms with Gasteiger partial charge in [0.05, 0.1) is 16.8 Å². The molecule has 0 aliphatic heterocycles. The standard InChI is InChI=1S/C24H26BrF3N6O/c1-34(2)21-17-5-3-4-6-19(17)31-22(33-21)29-15-8-10-16(11-9-15)30-23(35)32-20-12-7-14(25)13-18(20)24(26,27)28/h3-7,12-13,15-16H,8-11H2,1-2H3,(H,29,31,33)(H2,30,32,35). The first-order chi connectivity index (χ1) is 16.6. The molecule has 4 rings (SSSR count). The van der Waals surface area contributed by atoms with Crippen molar-refractivity contribution in [1.82, 2.24) is 15.3 Å². The van der Waals surface area contributed by atoms with Crippen molar-refractivity contribution in [2.24, 2.45) is 0 Å². The molecule has 1 fully saturated rings. The molecule has 0 bridgehead atoms. The summed E-state index contributed by atoms with van der Waals surface area (Å²) < 4.78 is 40.2. The van der Waals surface area contributed by atoms with Crippen LogP contribution in [0.5, 0.6) is 0 Å². The Morgan fingerprint density at radius 2 is 1.71 bits per heavy atom. The van der Waals surface area contributed by atoms with Crippen LogP contribution in [0.15, 0.2) is 46.9 Å². The molecule has 3 aromatic rings. The van der Waals surface area contributed by atoms with Crippen LogP contribution < -0.4 is 20.9 Å². The van der Waals surface area contributed by atoms with E-state index in [0.717, 1.165) is 35.6 Å². The van der Waals surface area contributed by atoms with E-state index in [9.17, 15) is 18.0 Å². The number of aromatic nitrogens is 2. The Kier molecular flexibility index (Phi) is 7.34. The highest BCUT2D eigenvalue weighted by molar-refractivity contribution is 9.10. The maximum absolute atomic E-state index is 13.3. The van der Waals surface area contributed by atoms with Gasteiger partial charge < -0.3 is 20.9 Å². The van der Waals surface area contributed by atoms with Gasteiger partial charge in [-0.1, -0.05) is 28.1 Å². The lowest BCUT2D eigenvalue weighted by Gasteiger charge is -2.30. The number of nitrogens with one attached hydrogen (secondary N) is 3. The van der Waals surface area contributed by atoms with Crippen molar-refractivity contribution in [2.45, 2.75) is 43.9 Å². The predicted molar refractivity (Wildman–Crippen MR) is 135 cm³/mol. The number of benzene rings is 2. The van der Waals surface area contributed by atoms with Gasteiger partial charge in [0.25, 0.3) is 0 Å². The molecule has 1 aliphatic carbocycles. The zero-order valence-electron chi connectivity index (χ0n) is 19.3. The molecule has 3 N–H and O–H groups in total. The zero-order chi connectivity index (χ0) is 25.2. The Hall–Kier alpha value is -3.08. The minimum atomic E-state index is -4.58. The fraction of sp³-hybridized carbons (Fsp3) is 0.375. The van der Waals surface area contributed by atoms with Gasteiger partial charge in [-0.05, 0) is 56.0 Å². The topological polar surface area (TPSA) is 82.2 Å². The van der Waals surface area contributed by atoms with Gasteiger partial charge in [-0.2, -0.15) is 18.2 Å². The van der Waals surface area contributed by atoms with E-state index in [0.29, 0.717) is 18.8 Å². The molecule has 0 spiro atoms. The molecule has 0 saturated heterocycles. The fourth-order valence-corrected chi connectivity index (χ4v) is 4.59. The molecule has 1 heterocycles. The second kappa shape index (κ2) is 10.3. The van der Waals surface area contributed by atoms with E-state index in [1.54, 1.807) is 0 Å². The number of hydrogen-bond acceptors (Lipinski definition) is 5. The molecule has 2 amide bonds. The van der Waals surface area contributed by atoms with Crippen LogP contribution in [0.4, 0.5) is 35.4 Å². The first kappa shape index (κ1) is 25.0. The van der Waals surface area contributed by atoms with Crippen LogP contribution in [0.3, 0.4) is 0 Å². The van der Waals surface area contributed by atoms with Gasteiger partial charge in [-0.15, -0.1) is 0 Å². The zero-order valence-corrected chi connectivity index (χ0v) is 20.9. The molecule has 0 unspecified atom stereocenters. The molecule has 2 aromatic carbocycles. The van der Waals surface area contributed by atoms with Crippen LogP contribution >= 0.6 is 15.9 Å². The highest BCUT2D eigenvalue weighted by atomic mass is 79.9. The number of fused-ring (bicyclic) bond motifs is 1. The number of halogens is 4. The molecule has 1 aliphatic rings. The number of hydrogen-bond donors (Lipinski definition) is 3. The summed E-state index contributed by atoms with van der Waals surface area (Å²) in [4.78, 5) is 23.7. The molecular formula is C24H26BrF3N6O. The number of para-hydroxylation sites is 1. The number of alkyl halides is 3. The highest BCUT2D eigenvalue weighted by Crippen LogP contribution is 2.36. The molecule has 1 aromatic heterocycles. The van der Waals surface area contributed by atoms with E-state index < -0.39 is 17.8 Å². The molecule has 0 radical (unpaired) electrons. The normalized spacial score (nSPS) is 18.2. The Morgan fingerprint density at radius 3 is 2.40 bits per heavy atom. The van der Waals surface area contributed by atoms with Crippen LogP contribution in [-0.4, -0.2) is 42.2 Å². The molecule has 35 heavy (non-hydrogen) atoms. The third-order valence-corrected chi connectivity index (χ3v) is 6.43. The summed E-state index contributed by atoms with van der Waals surface area (Å²) in [7, 11) is 3.87. The SMILES string of the molecule is CN(C)c1nc(NC2CCC(NC(=O)Nc3ccc(Br)cc3C(F)(F)F)CC2)nc2ccccc12. The first-order valence-corrected chi connectivity index (χ1v) is 12.0. The van der Waals surface area contributed by atoms with Crippen LogP contribution in [0, 0.1) is 0 Å². The highest BCUT2D eigenvalue weighted by Gasteiger charge is 2.34. The van der Waals surface area contributed by atoms with Gasteiger partial charge in [0.2, 0.25) is 5.95 Å². The average molecular weight is 551 g/mol. The van der Waals surface area contributed by atoms with Gasteiger partial charge in [0.1, 0.15) is 5.82 Å². The number of anilines is 3. The molecular weight excluding hydrogens is 525 g/mol. The maximum atomic E-state index is 13.3. The smallest absolute Gasteiger partial charge is 0.362 e. The number of carbonyl (C=O) groups is 1. The lowest BCUT2D eigenvalue weighted by atomic mass is 9.91. The quantitative estimate of drug-likeness (QED) is 0.361. The molecule has 186 valence electrons. The summed E-state index contributed by atoms with van der Waals surface area (Å²) in [6.07, 6.45) is -1.67. The van der Waals surface area contributed by atoms with Gasteiger partial charge in [-0.25, -0.2) is 9.78 Å². The van der Waals surface area contributed by atoms with E-state index in [1.807, 2.05) is 43.3 Å². The predicted octanol–water partition coefficient (Wildman–Crippen LogP) is 6.02. The summed E-state index contributed by atoms with van der Waals surface area (Å²) >= 11 is 3.04. The number of rotatable bonds is 5. The van der Waals surface area contributed by atoms with Crippen molar-refractivity contribution >= 4 is 50.3 Å². The molecule has 7 nitrogen and oxygen atoms in total. The second-order valence-corrected chi connectivity index (χ2v) is 9.68. The number of nitrogens with zero attached hydrogens (tertiary/aromatic N) is 3. The van der Waals surface area contributed by atoms with Crippen LogP contribution in [0.25, 0.3) is 10.9 Å².